The van der Waals surface area contributed by atoms with E-state index in [4.69, 9.17) is 4.74 Å². The van der Waals surface area contributed by atoms with Crippen LogP contribution >= 0.6 is 11.3 Å². The Morgan fingerprint density at radius 3 is 2.32 bits per heavy atom. The molecule has 0 saturated heterocycles. The number of aromatic nitrogens is 1. The first-order chi connectivity index (χ1) is 16.1. The molecule has 0 saturated carbocycles. The van der Waals surface area contributed by atoms with Gasteiger partial charge in [0.05, 0.1) is 27.7 Å². The van der Waals surface area contributed by atoms with Crippen molar-refractivity contribution in [1.29, 1.82) is 0 Å². The molecule has 0 aliphatic carbocycles. The number of sulfonamides is 1. The number of thiazole rings is 1. The van der Waals surface area contributed by atoms with Gasteiger partial charge in [0.1, 0.15) is 5.52 Å². The van der Waals surface area contributed by atoms with Crippen LogP contribution < -0.4 is 9.54 Å². The highest BCUT2D eigenvalue weighted by Gasteiger charge is 2.23. The van der Waals surface area contributed by atoms with Crippen molar-refractivity contribution in [2.75, 3.05) is 20.2 Å². The van der Waals surface area contributed by atoms with Crippen LogP contribution in [0, 0.1) is 10.1 Å². The quantitative estimate of drug-likeness (QED) is 0.322. The Labute approximate surface area is 201 Å². The normalized spacial score (nSPS) is 12.4. The second-order valence-corrected chi connectivity index (χ2v) is 10.5. The van der Waals surface area contributed by atoms with Crippen molar-refractivity contribution < 1.29 is 22.9 Å². The first-order valence-electron chi connectivity index (χ1n) is 10.6. The number of amides is 1. The number of nitro groups is 1. The highest BCUT2D eigenvalue weighted by molar-refractivity contribution is 7.89. The maximum atomic E-state index is 12.9. The van der Waals surface area contributed by atoms with Crippen molar-refractivity contribution in [2.24, 2.45) is 12.0 Å². The summed E-state index contributed by atoms with van der Waals surface area (Å²) >= 11 is 1.12. The average molecular weight is 507 g/mol. The van der Waals surface area contributed by atoms with Crippen molar-refractivity contribution in [1.82, 2.24) is 8.87 Å². The Morgan fingerprint density at radius 2 is 1.79 bits per heavy atom. The zero-order valence-electron chi connectivity index (χ0n) is 19.3. The average Bonchev–Trinajstić information content (AvgIpc) is 3.13. The third kappa shape index (κ3) is 5.03. The molecule has 0 aliphatic heterocycles. The van der Waals surface area contributed by atoms with Gasteiger partial charge in [0.15, 0.2) is 10.6 Å². The molecule has 0 spiro atoms. The van der Waals surface area contributed by atoms with Gasteiger partial charge in [-0.25, -0.2) is 8.42 Å². The fourth-order valence-electron chi connectivity index (χ4n) is 3.52. The molecule has 3 rings (SSSR count). The van der Waals surface area contributed by atoms with Gasteiger partial charge in [0.25, 0.3) is 11.6 Å². The molecule has 0 fully saturated rings. The molecule has 0 aliphatic rings. The fraction of sp³-hybridized carbons (Fsp3) is 0.364. The summed E-state index contributed by atoms with van der Waals surface area (Å²) in [6.07, 6.45) is 1.41. The molecule has 0 bridgehead atoms. The van der Waals surface area contributed by atoms with Gasteiger partial charge in [-0.15, -0.1) is 0 Å². The summed E-state index contributed by atoms with van der Waals surface area (Å²) in [4.78, 5) is 28.1. The Morgan fingerprint density at radius 1 is 1.18 bits per heavy atom. The van der Waals surface area contributed by atoms with Crippen LogP contribution in [0.2, 0.25) is 0 Å². The van der Waals surface area contributed by atoms with Crippen molar-refractivity contribution >= 4 is 43.2 Å². The Kier molecular flexibility index (Phi) is 7.85. The zero-order valence-corrected chi connectivity index (χ0v) is 21.0. The number of benzene rings is 2. The Balaban J connectivity index is 1.97. The first-order valence-corrected chi connectivity index (χ1v) is 12.9. The highest BCUT2D eigenvalue weighted by Crippen LogP contribution is 2.32. The minimum absolute atomic E-state index is 0.121. The lowest BCUT2D eigenvalue weighted by Crippen LogP contribution is -2.32. The van der Waals surface area contributed by atoms with Gasteiger partial charge in [0, 0.05) is 31.8 Å². The second-order valence-electron chi connectivity index (χ2n) is 7.54. The molecule has 3 aromatic rings. The topological polar surface area (TPSA) is 124 Å². The van der Waals surface area contributed by atoms with Gasteiger partial charge >= 0.3 is 0 Å². The molecular formula is C22H26N4O6S2. The number of carbonyl (C=O) groups is 1. The monoisotopic (exact) mass is 506 g/mol. The predicted molar refractivity (Wildman–Crippen MR) is 130 cm³/mol. The van der Waals surface area contributed by atoms with E-state index in [0.717, 1.165) is 11.3 Å². The van der Waals surface area contributed by atoms with Crippen LogP contribution in [0.3, 0.4) is 0 Å². The molecule has 0 unspecified atom stereocenters. The summed E-state index contributed by atoms with van der Waals surface area (Å²) in [5.41, 5.74) is 0.686. The molecular weight excluding hydrogens is 480 g/mol. The number of fused-ring (bicyclic) bond motifs is 1. The first kappa shape index (κ1) is 25.5. The lowest BCUT2D eigenvalue weighted by Gasteiger charge is -2.21. The summed E-state index contributed by atoms with van der Waals surface area (Å²) in [5.74, 6) is -0.256. The Hall–Kier alpha value is -3.09. The minimum Gasteiger partial charge on any atom is -0.494 e. The molecule has 0 N–H and O–H groups in total. The van der Waals surface area contributed by atoms with Crippen LogP contribution in [-0.2, 0) is 17.1 Å². The third-order valence-corrected chi connectivity index (χ3v) is 8.15. The summed E-state index contributed by atoms with van der Waals surface area (Å²) in [5, 5.41) is 11.2. The number of nitrogens with zero attached hydrogens (tertiary/aromatic N) is 4. The van der Waals surface area contributed by atoms with E-state index in [9.17, 15) is 23.3 Å². The Bertz CT molecular complexity index is 1390. The van der Waals surface area contributed by atoms with E-state index in [2.05, 4.69) is 4.99 Å². The van der Waals surface area contributed by atoms with Gasteiger partial charge in [-0.2, -0.15) is 9.30 Å². The van der Waals surface area contributed by atoms with E-state index in [1.54, 1.807) is 11.6 Å². The molecule has 1 amide bonds. The molecule has 10 nitrogen and oxygen atoms in total. The number of aryl methyl sites for hydroxylation is 1. The van der Waals surface area contributed by atoms with Gasteiger partial charge in [-0.1, -0.05) is 25.2 Å². The lowest BCUT2D eigenvalue weighted by atomic mass is 10.2. The molecule has 182 valence electrons. The molecule has 1 heterocycles. The minimum atomic E-state index is -3.65. The van der Waals surface area contributed by atoms with E-state index in [1.807, 2.05) is 13.8 Å². The van der Waals surface area contributed by atoms with Crippen LogP contribution in [0.1, 0.15) is 37.0 Å². The van der Waals surface area contributed by atoms with E-state index < -0.39 is 20.9 Å². The van der Waals surface area contributed by atoms with Crippen LogP contribution in [-0.4, -0.2) is 48.3 Å². The largest absolute Gasteiger partial charge is 0.494 e. The van der Waals surface area contributed by atoms with Gasteiger partial charge in [-0.05, 0) is 37.1 Å². The summed E-state index contributed by atoms with van der Waals surface area (Å²) in [6.45, 7) is 4.69. The van der Waals surface area contributed by atoms with Gasteiger partial charge in [0.2, 0.25) is 10.0 Å². The van der Waals surface area contributed by atoms with Crippen molar-refractivity contribution in [3.05, 3.63) is 56.9 Å². The number of methoxy groups -OCH3 is 1. The second kappa shape index (κ2) is 10.5. The van der Waals surface area contributed by atoms with Crippen LogP contribution in [0.4, 0.5) is 5.69 Å². The predicted octanol–water partition coefficient (Wildman–Crippen LogP) is 3.71. The highest BCUT2D eigenvalue weighted by atomic mass is 32.2. The van der Waals surface area contributed by atoms with E-state index in [-0.39, 0.29) is 16.1 Å². The number of rotatable bonds is 9. The number of ether oxygens (including phenoxy) is 1. The zero-order chi connectivity index (χ0) is 25.0. The van der Waals surface area contributed by atoms with E-state index >= 15 is 0 Å². The number of carbonyl (C=O) groups excluding carboxylic acids is 1. The van der Waals surface area contributed by atoms with Crippen LogP contribution in [0.25, 0.3) is 10.2 Å². The van der Waals surface area contributed by atoms with Crippen LogP contribution in [0.15, 0.2) is 46.3 Å². The summed E-state index contributed by atoms with van der Waals surface area (Å²) in [6, 6.07) is 8.42. The molecule has 12 heteroatoms. The van der Waals surface area contributed by atoms with Gasteiger partial charge in [-0.3, -0.25) is 14.9 Å². The smallest absolute Gasteiger partial charge is 0.279 e. The molecule has 0 atom stereocenters. The molecule has 1 aromatic heterocycles. The van der Waals surface area contributed by atoms with E-state index in [0.29, 0.717) is 46.7 Å². The molecule has 0 radical (unpaired) electrons. The fourth-order valence-corrected chi connectivity index (χ4v) is 6.21. The third-order valence-electron chi connectivity index (χ3n) is 5.16. The maximum absolute atomic E-state index is 12.9. The van der Waals surface area contributed by atoms with Crippen molar-refractivity contribution in [3.8, 4) is 5.75 Å². The summed E-state index contributed by atoms with van der Waals surface area (Å²) < 4.78 is 34.8. The maximum Gasteiger partial charge on any atom is 0.279 e. The molecule has 2 aromatic carbocycles. The van der Waals surface area contributed by atoms with Gasteiger partial charge < -0.3 is 9.30 Å². The lowest BCUT2D eigenvalue weighted by molar-refractivity contribution is -0.384. The molecule has 34 heavy (non-hydrogen) atoms. The number of hydrogen-bond acceptors (Lipinski definition) is 7. The standard InChI is InChI=1S/C22H26N4O6S2/c1-5-11-25(12-6-2)34(30,31)17-9-7-15(8-10-17)21(27)23-22-24(3)20-18(32-4)13-16(26(28)29)14-19(20)33-22/h7-10,13-14H,5-6,11-12H2,1-4H3. The van der Waals surface area contributed by atoms with Crippen LogP contribution in [0.5, 0.6) is 5.75 Å². The van der Waals surface area contributed by atoms with Crippen molar-refractivity contribution in [3.63, 3.8) is 0 Å². The number of nitro benzene ring substituents is 1. The number of hydrogen-bond donors (Lipinski definition) is 0. The summed E-state index contributed by atoms with van der Waals surface area (Å²) in [7, 11) is -0.551. The SMILES string of the molecule is CCCN(CCC)S(=O)(=O)c1ccc(C(=O)N=c2sc3cc([N+](=O)[O-])cc(OC)c3n2C)cc1. The van der Waals surface area contributed by atoms with Crippen molar-refractivity contribution in [2.45, 2.75) is 31.6 Å². The number of non-ortho nitro benzene ring substituents is 1. The van der Waals surface area contributed by atoms with E-state index in [1.165, 1.54) is 47.8 Å².